The average molecular weight is 418 g/mol. The number of aromatic nitrogens is 4. The average Bonchev–Trinajstić information content (AvgIpc) is 3.37. The molecule has 5 rings (SSSR count). The molecule has 0 unspecified atom stereocenters. The van der Waals surface area contributed by atoms with Crippen LogP contribution in [0.25, 0.3) is 10.7 Å². The molecule has 0 bridgehead atoms. The first-order valence-corrected chi connectivity index (χ1v) is 10.1. The van der Waals surface area contributed by atoms with Crippen LogP contribution < -0.4 is 9.80 Å². The highest BCUT2D eigenvalue weighted by molar-refractivity contribution is 7.13. The van der Waals surface area contributed by atoms with Gasteiger partial charge in [0.15, 0.2) is 0 Å². The molecule has 2 fully saturated rings. The van der Waals surface area contributed by atoms with Crippen molar-refractivity contribution in [2.24, 2.45) is 5.41 Å². The molecule has 150 valence electrons. The highest BCUT2D eigenvalue weighted by Gasteiger charge is 2.48. The zero-order valence-electron chi connectivity index (χ0n) is 15.3. The van der Waals surface area contributed by atoms with E-state index in [-0.39, 0.29) is 5.41 Å². The van der Waals surface area contributed by atoms with Gasteiger partial charge in [-0.1, -0.05) is 0 Å². The molecule has 2 aliphatic rings. The molecule has 0 N–H and O–H groups in total. The van der Waals surface area contributed by atoms with Crippen molar-refractivity contribution in [1.82, 2.24) is 19.9 Å². The van der Waals surface area contributed by atoms with Crippen LogP contribution in [0.4, 0.5) is 24.7 Å². The second kappa shape index (κ2) is 6.65. The first kappa shape index (κ1) is 18.3. The molecule has 2 saturated heterocycles. The summed E-state index contributed by atoms with van der Waals surface area (Å²) in [4.78, 5) is 20.9. The van der Waals surface area contributed by atoms with Gasteiger partial charge in [0.2, 0.25) is 0 Å². The third-order valence-corrected chi connectivity index (χ3v) is 6.28. The SMILES string of the molecule is FC(F)(F)c1cc(N2CC3(CCN(c4cncc(-c5nccs5)n4)C3)C2)ccn1. The van der Waals surface area contributed by atoms with Gasteiger partial charge in [0.05, 0.1) is 12.4 Å². The molecule has 3 aromatic heterocycles. The third-order valence-electron chi connectivity index (χ3n) is 5.49. The summed E-state index contributed by atoms with van der Waals surface area (Å²) < 4.78 is 38.8. The van der Waals surface area contributed by atoms with Crippen LogP contribution in [-0.2, 0) is 6.18 Å². The summed E-state index contributed by atoms with van der Waals surface area (Å²) in [7, 11) is 0. The van der Waals surface area contributed by atoms with Crippen LogP contribution in [0.1, 0.15) is 12.1 Å². The minimum atomic E-state index is -4.43. The van der Waals surface area contributed by atoms with E-state index in [1.165, 1.54) is 17.5 Å². The first-order valence-electron chi connectivity index (χ1n) is 9.17. The number of pyridine rings is 1. The van der Waals surface area contributed by atoms with E-state index in [1.54, 1.807) is 24.7 Å². The molecule has 6 nitrogen and oxygen atoms in total. The quantitative estimate of drug-likeness (QED) is 0.646. The maximum Gasteiger partial charge on any atom is 0.433 e. The number of hydrogen-bond donors (Lipinski definition) is 0. The summed E-state index contributed by atoms with van der Waals surface area (Å²) in [5.74, 6) is 0.816. The topological polar surface area (TPSA) is 58.0 Å². The largest absolute Gasteiger partial charge is 0.433 e. The number of alkyl halides is 3. The van der Waals surface area contributed by atoms with Gasteiger partial charge >= 0.3 is 6.18 Å². The van der Waals surface area contributed by atoms with Crippen LogP contribution in [0.15, 0.2) is 42.3 Å². The van der Waals surface area contributed by atoms with Gasteiger partial charge in [-0.15, -0.1) is 11.3 Å². The van der Waals surface area contributed by atoms with Crippen LogP contribution in [-0.4, -0.2) is 46.1 Å². The predicted molar refractivity (Wildman–Crippen MR) is 104 cm³/mol. The van der Waals surface area contributed by atoms with Gasteiger partial charge < -0.3 is 9.80 Å². The summed E-state index contributed by atoms with van der Waals surface area (Å²) in [6.07, 6.45) is 2.98. The van der Waals surface area contributed by atoms with Crippen molar-refractivity contribution in [2.45, 2.75) is 12.6 Å². The molecular weight excluding hydrogens is 401 g/mol. The van der Waals surface area contributed by atoms with Crippen LogP contribution in [0.2, 0.25) is 0 Å². The molecule has 5 heterocycles. The second-order valence-corrected chi connectivity index (χ2v) is 8.42. The summed E-state index contributed by atoms with van der Waals surface area (Å²) in [5.41, 5.74) is 0.547. The Labute approximate surface area is 169 Å². The van der Waals surface area contributed by atoms with Gasteiger partial charge in [-0.25, -0.2) is 9.97 Å². The first-order chi connectivity index (χ1) is 13.9. The Balaban J connectivity index is 1.28. The molecule has 0 aliphatic carbocycles. The number of nitrogens with zero attached hydrogens (tertiary/aromatic N) is 6. The van der Waals surface area contributed by atoms with E-state index in [1.807, 2.05) is 10.3 Å². The lowest BCUT2D eigenvalue weighted by Crippen LogP contribution is -2.57. The monoisotopic (exact) mass is 418 g/mol. The fourth-order valence-corrected chi connectivity index (χ4v) is 4.66. The maximum absolute atomic E-state index is 12.9. The van der Waals surface area contributed by atoms with Crippen LogP contribution in [0.5, 0.6) is 0 Å². The fourth-order valence-electron chi connectivity index (χ4n) is 4.07. The molecule has 2 aliphatic heterocycles. The van der Waals surface area contributed by atoms with Gasteiger partial charge in [0.25, 0.3) is 0 Å². The Morgan fingerprint density at radius 2 is 1.86 bits per heavy atom. The van der Waals surface area contributed by atoms with E-state index in [9.17, 15) is 13.2 Å². The van der Waals surface area contributed by atoms with E-state index in [4.69, 9.17) is 4.98 Å². The molecular formula is C19H17F3N6S. The van der Waals surface area contributed by atoms with Crippen molar-refractivity contribution in [2.75, 3.05) is 36.0 Å². The van der Waals surface area contributed by atoms with Gasteiger partial charge in [-0.2, -0.15) is 13.2 Å². The lowest BCUT2D eigenvalue weighted by atomic mass is 9.79. The fraction of sp³-hybridized carbons (Fsp3) is 0.368. The number of anilines is 2. The van der Waals surface area contributed by atoms with E-state index >= 15 is 0 Å². The van der Waals surface area contributed by atoms with E-state index in [2.05, 4.69) is 19.9 Å². The Hall–Kier alpha value is -2.75. The summed E-state index contributed by atoms with van der Waals surface area (Å²) >= 11 is 1.52. The Morgan fingerprint density at radius 1 is 1.03 bits per heavy atom. The molecule has 3 aromatic rings. The van der Waals surface area contributed by atoms with E-state index in [0.717, 1.165) is 55.2 Å². The van der Waals surface area contributed by atoms with Crippen molar-refractivity contribution >= 4 is 22.8 Å². The Bertz CT molecular complexity index is 1020. The highest BCUT2D eigenvalue weighted by Crippen LogP contribution is 2.43. The van der Waals surface area contributed by atoms with Crippen molar-refractivity contribution in [3.8, 4) is 10.7 Å². The molecule has 0 amide bonds. The van der Waals surface area contributed by atoms with Crippen molar-refractivity contribution < 1.29 is 13.2 Å². The second-order valence-electron chi connectivity index (χ2n) is 7.52. The van der Waals surface area contributed by atoms with Crippen LogP contribution in [0.3, 0.4) is 0 Å². The number of thiazole rings is 1. The lowest BCUT2D eigenvalue weighted by molar-refractivity contribution is -0.141. The highest BCUT2D eigenvalue weighted by atomic mass is 32.1. The molecule has 0 radical (unpaired) electrons. The Kier molecular flexibility index (Phi) is 4.19. The van der Waals surface area contributed by atoms with Gasteiger partial charge in [-0.3, -0.25) is 9.97 Å². The third kappa shape index (κ3) is 3.41. The molecule has 0 saturated carbocycles. The van der Waals surface area contributed by atoms with Crippen molar-refractivity contribution in [3.05, 3.63) is 48.0 Å². The minimum absolute atomic E-state index is 0.0700. The summed E-state index contributed by atoms with van der Waals surface area (Å²) in [5, 5.41) is 2.74. The standard InChI is InChI=1S/C19H17F3N6S/c20-19(21,22)15-7-13(1-3-24-15)28-11-18(12-28)2-5-27(10-18)16-9-23-8-14(26-16)17-25-4-6-29-17/h1,3-4,6-9H,2,5,10-12H2. The summed E-state index contributed by atoms with van der Waals surface area (Å²) in [6, 6.07) is 2.76. The maximum atomic E-state index is 12.9. The van der Waals surface area contributed by atoms with Gasteiger partial charge in [0, 0.05) is 55.1 Å². The number of halogens is 3. The Morgan fingerprint density at radius 3 is 2.62 bits per heavy atom. The zero-order chi connectivity index (χ0) is 20.1. The molecule has 0 atom stereocenters. The molecule has 29 heavy (non-hydrogen) atoms. The van der Waals surface area contributed by atoms with Gasteiger partial charge in [0.1, 0.15) is 22.2 Å². The van der Waals surface area contributed by atoms with Crippen LogP contribution >= 0.6 is 11.3 Å². The molecule has 0 aromatic carbocycles. The number of hydrogen-bond acceptors (Lipinski definition) is 7. The smallest absolute Gasteiger partial charge is 0.370 e. The van der Waals surface area contributed by atoms with E-state index < -0.39 is 11.9 Å². The summed E-state index contributed by atoms with van der Waals surface area (Å²) in [6.45, 7) is 3.12. The zero-order valence-corrected chi connectivity index (χ0v) is 16.1. The normalized spacial score (nSPS) is 18.3. The van der Waals surface area contributed by atoms with Gasteiger partial charge in [-0.05, 0) is 18.6 Å². The van der Waals surface area contributed by atoms with Crippen LogP contribution in [0, 0.1) is 5.41 Å². The lowest BCUT2D eigenvalue weighted by Gasteiger charge is -2.49. The van der Waals surface area contributed by atoms with Crippen molar-refractivity contribution in [1.29, 1.82) is 0 Å². The minimum Gasteiger partial charge on any atom is -0.370 e. The predicted octanol–water partition coefficient (Wildman–Crippen LogP) is 3.73. The van der Waals surface area contributed by atoms with Crippen molar-refractivity contribution in [3.63, 3.8) is 0 Å². The molecule has 10 heteroatoms. The molecule has 1 spiro atoms. The number of rotatable bonds is 3. The van der Waals surface area contributed by atoms with E-state index in [0.29, 0.717) is 5.69 Å².